The van der Waals surface area contributed by atoms with Crippen LogP contribution in [0.4, 0.5) is 5.95 Å². The largest absolute Gasteiger partial charge is 0.394 e. The van der Waals surface area contributed by atoms with Crippen LogP contribution in [-0.2, 0) is 6.42 Å². The number of amides is 1. The first-order chi connectivity index (χ1) is 13.0. The molecule has 3 rings (SSSR count). The Morgan fingerprint density at radius 1 is 1.15 bits per heavy atom. The fourth-order valence-corrected chi connectivity index (χ4v) is 2.82. The third kappa shape index (κ3) is 5.01. The fourth-order valence-electron chi connectivity index (χ4n) is 2.82. The van der Waals surface area contributed by atoms with Crippen molar-refractivity contribution in [2.45, 2.75) is 32.4 Å². The number of benzene rings is 2. The van der Waals surface area contributed by atoms with Gasteiger partial charge in [-0.15, -0.1) is 0 Å². The molecule has 6 heteroatoms. The highest BCUT2D eigenvalue weighted by atomic mass is 16.3. The standard InChI is InChI=1S/C21H24N4O2/c1-14(2)23-21-22-12-17-9-8-16(11-19(17)25-21)20(27)24-18(13-26)10-15-6-4-3-5-7-15/h3-9,11-12,14,18,26H,10,13H2,1-2H3,(H,24,27)(H,22,23,25)/t18-/m0/s1. The van der Waals surface area contributed by atoms with Crippen molar-refractivity contribution < 1.29 is 9.90 Å². The van der Waals surface area contributed by atoms with E-state index in [2.05, 4.69) is 20.6 Å². The molecule has 0 aliphatic carbocycles. The van der Waals surface area contributed by atoms with E-state index >= 15 is 0 Å². The normalized spacial score (nSPS) is 12.1. The zero-order valence-electron chi connectivity index (χ0n) is 15.5. The van der Waals surface area contributed by atoms with Gasteiger partial charge >= 0.3 is 0 Å². The molecule has 6 nitrogen and oxygen atoms in total. The predicted molar refractivity (Wildman–Crippen MR) is 107 cm³/mol. The van der Waals surface area contributed by atoms with Crippen LogP contribution in [0.5, 0.6) is 0 Å². The molecule has 3 N–H and O–H groups in total. The number of carbonyl (C=O) groups excluding carboxylic acids is 1. The van der Waals surface area contributed by atoms with Crippen molar-refractivity contribution in [3.63, 3.8) is 0 Å². The summed E-state index contributed by atoms with van der Waals surface area (Å²) in [5, 5.41) is 16.5. The molecule has 3 aromatic rings. The highest BCUT2D eigenvalue weighted by molar-refractivity contribution is 5.98. The summed E-state index contributed by atoms with van der Waals surface area (Å²) in [6, 6.07) is 15.0. The van der Waals surface area contributed by atoms with Gasteiger partial charge in [0.25, 0.3) is 5.91 Å². The molecule has 0 unspecified atom stereocenters. The van der Waals surface area contributed by atoms with Crippen molar-refractivity contribution in [2.24, 2.45) is 0 Å². The maximum Gasteiger partial charge on any atom is 0.251 e. The molecule has 2 aromatic carbocycles. The molecule has 0 aliphatic heterocycles. The number of nitrogens with one attached hydrogen (secondary N) is 2. The topological polar surface area (TPSA) is 87.1 Å². The molecule has 0 bridgehead atoms. The van der Waals surface area contributed by atoms with Gasteiger partial charge in [0.2, 0.25) is 5.95 Å². The second-order valence-electron chi connectivity index (χ2n) is 6.81. The summed E-state index contributed by atoms with van der Waals surface area (Å²) in [4.78, 5) is 21.4. The summed E-state index contributed by atoms with van der Waals surface area (Å²) >= 11 is 0. The molecule has 0 saturated heterocycles. The molecule has 0 saturated carbocycles. The van der Waals surface area contributed by atoms with Gasteiger partial charge in [-0.1, -0.05) is 36.4 Å². The van der Waals surface area contributed by atoms with Gasteiger partial charge in [0.1, 0.15) is 0 Å². The van der Waals surface area contributed by atoms with E-state index in [9.17, 15) is 9.90 Å². The van der Waals surface area contributed by atoms with Crippen LogP contribution in [0.1, 0.15) is 29.8 Å². The lowest BCUT2D eigenvalue weighted by molar-refractivity contribution is 0.0916. The number of hydrogen-bond acceptors (Lipinski definition) is 5. The average Bonchev–Trinajstić information content (AvgIpc) is 2.67. The lowest BCUT2D eigenvalue weighted by atomic mass is 10.1. The van der Waals surface area contributed by atoms with E-state index in [0.29, 0.717) is 23.4 Å². The average molecular weight is 364 g/mol. The Hall–Kier alpha value is -2.99. The van der Waals surface area contributed by atoms with E-state index in [1.165, 1.54) is 0 Å². The molecule has 0 fully saturated rings. The first-order valence-electron chi connectivity index (χ1n) is 9.04. The number of aliphatic hydroxyl groups is 1. The van der Waals surface area contributed by atoms with Crippen LogP contribution in [0.25, 0.3) is 10.9 Å². The van der Waals surface area contributed by atoms with Crippen molar-refractivity contribution in [3.8, 4) is 0 Å². The quantitative estimate of drug-likeness (QED) is 0.600. The Kier molecular flexibility index (Phi) is 5.98. The molecule has 0 radical (unpaired) electrons. The van der Waals surface area contributed by atoms with Crippen LogP contribution in [0.3, 0.4) is 0 Å². The zero-order valence-corrected chi connectivity index (χ0v) is 15.5. The molecule has 0 aliphatic rings. The van der Waals surface area contributed by atoms with Gasteiger partial charge in [-0.05, 0) is 38.0 Å². The fraction of sp³-hybridized carbons (Fsp3) is 0.286. The second kappa shape index (κ2) is 8.60. The van der Waals surface area contributed by atoms with E-state index in [-0.39, 0.29) is 24.6 Å². The van der Waals surface area contributed by atoms with Crippen molar-refractivity contribution in [1.29, 1.82) is 0 Å². The zero-order chi connectivity index (χ0) is 19.2. The molecule has 1 aromatic heterocycles. The third-order valence-electron chi connectivity index (χ3n) is 4.14. The molecular formula is C21H24N4O2. The van der Waals surface area contributed by atoms with Gasteiger partial charge < -0.3 is 15.7 Å². The summed E-state index contributed by atoms with van der Waals surface area (Å²) in [6.07, 6.45) is 2.31. The minimum atomic E-state index is -0.348. The molecule has 1 atom stereocenters. The van der Waals surface area contributed by atoms with Gasteiger partial charge in [-0.2, -0.15) is 0 Å². The monoisotopic (exact) mass is 364 g/mol. The summed E-state index contributed by atoms with van der Waals surface area (Å²) in [5.74, 6) is 0.302. The molecule has 1 amide bonds. The maximum absolute atomic E-state index is 12.6. The minimum Gasteiger partial charge on any atom is -0.394 e. The summed E-state index contributed by atoms with van der Waals surface area (Å²) in [7, 11) is 0. The Labute approximate surface area is 158 Å². The van der Waals surface area contributed by atoms with Gasteiger partial charge in [0.05, 0.1) is 18.2 Å². The maximum atomic E-state index is 12.6. The number of aromatic nitrogens is 2. The highest BCUT2D eigenvalue weighted by Crippen LogP contribution is 2.16. The number of fused-ring (bicyclic) bond motifs is 1. The number of carbonyl (C=O) groups is 1. The van der Waals surface area contributed by atoms with Crippen LogP contribution < -0.4 is 10.6 Å². The Morgan fingerprint density at radius 3 is 2.63 bits per heavy atom. The summed E-state index contributed by atoms with van der Waals surface area (Å²) < 4.78 is 0. The third-order valence-corrected chi connectivity index (χ3v) is 4.14. The van der Waals surface area contributed by atoms with Crippen molar-refractivity contribution >= 4 is 22.8 Å². The summed E-state index contributed by atoms with van der Waals surface area (Å²) in [6.45, 7) is 3.90. The molecule has 27 heavy (non-hydrogen) atoms. The minimum absolute atomic E-state index is 0.126. The highest BCUT2D eigenvalue weighted by Gasteiger charge is 2.14. The van der Waals surface area contributed by atoms with E-state index in [4.69, 9.17) is 0 Å². The van der Waals surface area contributed by atoms with Gasteiger partial charge in [0, 0.05) is 23.2 Å². The van der Waals surface area contributed by atoms with Crippen LogP contribution >= 0.6 is 0 Å². The van der Waals surface area contributed by atoms with E-state index < -0.39 is 0 Å². The molecular weight excluding hydrogens is 340 g/mol. The van der Waals surface area contributed by atoms with Crippen LogP contribution in [0, 0.1) is 0 Å². The van der Waals surface area contributed by atoms with Gasteiger partial charge in [-0.25, -0.2) is 9.97 Å². The van der Waals surface area contributed by atoms with Crippen molar-refractivity contribution in [3.05, 3.63) is 65.9 Å². The molecule has 1 heterocycles. The number of rotatable bonds is 7. The van der Waals surface area contributed by atoms with E-state index in [1.807, 2.05) is 50.2 Å². The second-order valence-corrected chi connectivity index (χ2v) is 6.81. The number of aliphatic hydroxyl groups excluding tert-OH is 1. The first-order valence-corrected chi connectivity index (χ1v) is 9.04. The molecule has 140 valence electrons. The molecule has 0 spiro atoms. The number of anilines is 1. The predicted octanol–water partition coefficient (Wildman–Crippen LogP) is 2.78. The SMILES string of the molecule is CC(C)Nc1ncc2ccc(C(=O)N[C@H](CO)Cc3ccccc3)cc2n1. The van der Waals surface area contributed by atoms with Gasteiger partial charge in [-0.3, -0.25) is 4.79 Å². The van der Waals surface area contributed by atoms with Crippen LogP contribution in [0.15, 0.2) is 54.7 Å². The Morgan fingerprint density at radius 2 is 1.93 bits per heavy atom. The smallest absolute Gasteiger partial charge is 0.251 e. The van der Waals surface area contributed by atoms with Crippen LogP contribution in [-0.4, -0.2) is 39.7 Å². The van der Waals surface area contributed by atoms with E-state index in [0.717, 1.165) is 10.9 Å². The Bertz CT molecular complexity index is 912. The Balaban J connectivity index is 1.75. The van der Waals surface area contributed by atoms with Crippen molar-refractivity contribution in [1.82, 2.24) is 15.3 Å². The lowest BCUT2D eigenvalue weighted by Gasteiger charge is -2.16. The first kappa shape index (κ1) is 18.8. The lowest BCUT2D eigenvalue weighted by Crippen LogP contribution is -2.39. The number of nitrogens with zero attached hydrogens (tertiary/aromatic N) is 2. The number of hydrogen-bond donors (Lipinski definition) is 3. The van der Waals surface area contributed by atoms with E-state index in [1.54, 1.807) is 18.3 Å². The van der Waals surface area contributed by atoms with Crippen LogP contribution in [0.2, 0.25) is 0 Å². The van der Waals surface area contributed by atoms with Gasteiger partial charge in [0.15, 0.2) is 0 Å². The summed E-state index contributed by atoms with van der Waals surface area (Å²) in [5.41, 5.74) is 2.26. The van der Waals surface area contributed by atoms with Crippen molar-refractivity contribution in [2.75, 3.05) is 11.9 Å².